The lowest BCUT2D eigenvalue weighted by Gasteiger charge is -2.38. The predicted octanol–water partition coefficient (Wildman–Crippen LogP) is 6.48. The molecule has 2 aromatic carbocycles. The minimum Gasteiger partial charge on any atom is -0.495 e. The van der Waals surface area contributed by atoms with Gasteiger partial charge in [0, 0.05) is 16.5 Å². The molecule has 1 N–H and O–H groups in total. The first-order valence-electron chi connectivity index (χ1n) is 7.84. The second-order valence-corrected chi connectivity index (χ2v) is 7.41. The van der Waals surface area contributed by atoms with Crippen molar-refractivity contribution in [3.8, 4) is 5.75 Å². The number of hydrogen-bond acceptors (Lipinski definition) is 2. The predicted molar refractivity (Wildman–Crippen MR) is 101 cm³/mol. The first kappa shape index (κ1) is 16.1. The molecule has 124 valence electrons. The zero-order valence-corrected chi connectivity index (χ0v) is 15.3. The Morgan fingerprint density at radius 1 is 1.04 bits per heavy atom. The van der Waals surface area contributed by atoms with Crippen molar-refractivity contribution >= 4 is 40.5 Å². The second kappa shape index (κ2) is 6.18. The molecule has 1 aliphatic heterocycles. The van der Waals surface area contributed by atoms with Crippen LogP contribution in [0.1, 0.15) is 29.5 Å². The molecule has 1 aliphatic carbocycles. The van der Waals surface area contributed by atoms with Crippen molar-refractivity contribution in [2.45, 2.75) is 18.4 Å². The molecule has 0 unspecified atom stereocenters. The standard InChI is InChI=1S/C19H16Cl3NO/c1-24-16-8-7-14(21)17-11-3-2-4-12(11)18(23-19(16)17)10-5-6-13(20)15(22)9-10/h2-3,5-9,11-12,18,23H,4H2,1H3/t11-,12-,18-/m0/s1. The highest BCUT2D eigenvalue weighted by atomic mass is 35.5. The van der Waals surface area contributed by atoms with Crippen molar-refractivity contribution in [3.05, 3.63) is 68.7 Å². The maximum atomic E-state index is 6.51. The van der Waals surface area contributed by atoms with Crippen LogP contribution in [0.25, 0.3) is 0 Å². The number of anilines is 1. The Morgan fingerprint density at radius 2 is 1.83 bits per heavy atom. The zero-order chi connectivity index (χ0) is 16.8. The minimum atomic E-state index is 0.125. The average molecular weight is 381 g/mol. The number of fused-ring (bicyclic) bond motifs is 3. The van der Waals surface area contributed by atoms with Crippen LogP contribution in [0.3, 0.4) is 0 Å². The molecule has 0 aromatic heterocycles. The molecule has 0 saturated carbocycles. The summed E-state index contributed by atoms with van der Waals surface area (Å²) in [6.07, 6.45) is 5.47. The van der Waals surface area contributed by atoms with E-state index in [1.807, 2.05) is 30.3 Å². The number of halogens is 3. The third kappa shape index (κ3) is 2.48. The molecule has 0 amide bonds. The molecular weight excluding hydrogens is 365 g/mol. The van der Waals surface area contributed by atoms with E-state index in [4.69, 9.17) is 39.5 Å². The molecule has 0 radical (unpaired) electrons. The molecule has 0 bridgehead atoms. The van der Waals surface area contributed by atoms with Gasteiger partial charge < -0.3 is 10.1 Å². The summed E-state index contributed by atoms with van der Waals surface area (Å²) in [6, 6.07) is 9.76. The van der Waals surface area contributed by atoms with E-state index in [-0.39, 0.29) is 12.0 Å². The molecule has 1 heterocycles. The van der Waals surface area contributed by atoms with Gasteiger partial charge in [-0.25, -0.2) is 0 Å². The van der Waals surface area contributed by atoms with Crippen molar-refractivity contribution < 1.29 is 4.74 Å². The Hall–Kier alpha value is -1.35. The van der Waals surface area contributed by atoms with Gasteiger partial charge in [-0.1, -0.05) is 53.0 Å². The van der Waals surface area contributed by atoms with E-state index in [1.54, 1.807) is 7.11 Å². The summed E-state index contributed by atoms with van der Waals surface area (Å²) in [5, 5.41) is 5.55. The number of allylic oxidation sites excluding steroid dienone is 2. The van der Waals surface area contributed by atoms with Gasteiger partial charge in [0.1, 0.15) is 5.75 Å². The summed E-state index contributed by atoms with van der Waals surface area (Å²) in [7, 11) is 1.68. The highest BCUT2D eigenvalue weighted by Crippen LogP contribution is 2.54. The Kier molecular flexibility index (Phi) is 4.16. The van der Waals surface area contributed by atoms with Gasteiger partial charge in [0.15, 0.2) is 0 Å². The average Bonchev–Trinajstić information content (AvgIpc) is 3.06. The van der Waals surface area contributed by atoms with Crippen molar-refractivity contribution in [1.82, 2.24) is 0 Å². The highest BCUT2D eigenvalue weighted by molar-refractivity contribution is 6.42. The number of hydrogen-bond donors (Lipinski definition) is 1. The quantitative estimate of drug-likeness (QED) is 0.602. The normalized spacial score (nSPS) is 24.2. The molecule has 2 aliphatic rings. The Bertz CT molecular complexity index is 834. The van der Waals surface area contributed by atoms with E-state index >= 15 is 0 Å². The van der Waals surface area contributed by atoms with Crippen LogP contribution in [0, 0.1) is 5.92 Å². The smallest absolute Gasteiger partial charge is 0.142 e. The first-order valence-corrected chi connectivity index (χ1v) is 8.98. The lowest BCUT2D eigenvalue weighted by Crippen LogP contribution is -2.29. The lowest BCUT2D eigenvalue weighted by molar-refractivity contribution is 0.397. The van der Waals surface area contributed by atoms with E-state index in [9.17, 15) is 0 Å². The van der Waals surface area contributed by atoms with Gasteiger partial charge in [-0.2, -0.15) is 0 Å². The molecule has 3 atom stereocenters. The van der Waals surface area contributed by atoms with Crippen LogP contribution in [0.4, 0.5) is 5.69 Å². The topological polar surface area (TPSA) is 21.3 Å². The van der Waals surface area contributed by atoms with Gasteiger partial charge in [0.2, 0.25) is 0 Å². The number of nitrogens with one attached hydrogen (secondary N) is 1. The second-order valence-electron chi connectivity index (χ2n) is 6.19. The van der Waals surface area contributed by atoms with E-state index in [1.165, 1.54) is 0 Å². The van der Waals surface area contributed by atoms with Crippen LogP contribution >= 0.6 is 34.8 Å². The summed E-state index contributed by atoms with van der Waals surface area (Å²) < 4.78 is 5.55. The van der Waals surface area contributed by atoms with Crippen LogP contribution in [0.15, 0.2) is 42.5 Å². The lowest BCUT2D eigenvalue weighted by atomic mass is 9.77. The van der Waals surface area contributed by atoms with E-state index in [0.29, 0.717) is 16.0 Å². The summed E-state index contributed by atoms with van der Waals surface area (Å²) in [5.74, 6) is 1.46. The fourth-order valence-electron chi connectivity index (χ4n) is 3.84. The van der Waals surface area contributed by atoms with E-state index in [2.05, 4.69) is 17.5 Å². The van der Waals surface area contributed by atoms with Crippen LogP contribution in [0.2, 0.25) is 15.1 Å². The molecule has 0 saturated heterocycles. The molecule has 5 heteroatoms. The monoisotopic (exact) mass is 379 g/mol. The van der Waals surface area contributed by atoms with Crippen molar-refractivity contribution in [2.24, 2.45) is 5.92 Å². The van der Waals surface area contributed by atoms with Crippen LogP contribution < -0.4 is 10.1 Å². The van der Waals surface area contributed by atoms with Crippen LogP contribution in [-0.2, 0) is 0 Å². The van der Waals surface area contributed by atoms with Crippen LogP contribution in [-0.4, -0.2) is 7.11 Å². The van der Waals surface area contributed by atoms with Gasteiger partial charge in [-0.3, -0.25) is 0 Å². The van der Waals surface area contributed by atoms with E-state index in [0.717, 1.165) is 34.0 Å². The maximum absolute atomic E-state index is 6.51. The van der Waals surface area contributed by atoms with Crippen LogP contribution in [0.5, 0.6) is 5.75 Å². The molecule has 24 heavy (non-hydrogen) atoms. The Labute approximate surface area is 156 Å². The zero-order valence-electron chi connectivity index (χ0n) is 13.0. The SMILES string of the molecule is COc1ccc(Cl)c2c1N[C@@H](c1ccc(Cl)c(Cl)c1)[C@H]1CC=C[C@H]21. The fraction of sp³-hybridized carbons (Fsp3) is 0.263. The fourth-order valence-corrected chi connectivity index (χ4v) is 4.43. The molecule has 2 aromatic rings. The summed E-state index contributed by atoms with van der Waals surface area (Å²) in [6.45, 7) is 0. The molecule has 0 spiro atoms. The van der Waals surface area contributed by atoms with Gasteiger partial charge in [0.25, 0.3) is 0 Å². The minimum absolute atomic E-state index is 0.125. The van der Waals surface area contributed by atoms with Crippen molar-refractivity contribution in [3.63, 3.8) is 0 Å². The Balaban J connectivity index is 1.85. The summed E-state index contributed by atoms with van der Waals surface area (Å²) >= 11 is 18.8. The Morgan fingerprint density at radius 3 is 2.58 bits per heavy atom. The van der Waals surface area contributed by atoms with E-state index < -0.39 is 0 Å². The maximum Gasteiger partial charge on any atom is 0.142 e. The van der Waals surface area contributed by atoms with Gasteiger partial charge in [0.05, 0.1) is 28.9 Å². The first-order chi connectivity index (χ1) is 11.6. The molecule has 2 nitrogen and oxygen atoms in total. The molecule has 0 fully saturated rings. The van der Waals surface area contributed by atoms with Gasteiger partial charge >= 0.3 is 0 Å². The highest BCUT2D eigenvalue weighted by Gasteiger charge is 2.40. The van der Waals surface area contributed by atoms with Crippen molar-refractivity contribution in [2.75, 3.05) is 12.4 Å². The number of methoxy groups -OCH3 is 1. The third-order valence-corrected chi connectivity index (χ3v) is 6.02. The molecule has 4 rings (SSSR count). The summed E-state index contributed by atoms with van der Waals surface area (Å²) in [5.41, 5.74) is 3.20. The number of benzene rings is 2. The molecular formula is C19H16Cl3NO. The largest absolute Gasteiger partial charge is 0.495 e. The van der Waals surface area contributed by atoms with Crippen molar-refractivity contribution in [1.29, 1.82) is 0 Å². The summed E-state index contributed by atoms with van der Waals surface area (Å²) in [4.78, 5) is 0. The number of ether oxygens (including phenoxy) is 1. The van der Waals surface area contributed by atoms with Gasteiger partial charge in [-0.05, 0) is 42.2 Å². The number of rotatable bonds is 2. The van der Waals surface area contributed by atoms with Gasteiger partial charge in [-0.15, -0.1) is 0 Å². The third-order valence-electron chi connectivity index (χ3n) is 4.95.